The van der Waals surface area contributed by atoms with Gasteiger partial charge in [-0.3, -0.25) is 0 Å². The average molecular weight is 303 g/mol. The molecule has 0 aliphatic rings. The van der Waals surface area contributed by atoms with E-state index in [0.29, 0.717) is 0 Å². The number of aliphatic carboxylic acids is 1. The van der Waals surface area contributed by atoms with Crippen molar-refractivity contribution in [1.29, 1.82) is 0 Å². The first-order valence-corrected chi connectivity index (χ1v) is 6.24. The maximum absolute atomic E-state index is 13.4. The summed E-state index contributed by atoms with van der Waals surface area (Å²) in [6.45, 7) is 5.02. The van der Waals surface area contributed by atoms with Gasteiger partial charge >= 0.3 is 12.0 Å². The molecule has 110 valence electrons. The standard InChI is InChI=1S/C13H16ClFN2O3/c1-13(2,3)10(11(18)19)17-12(20)16-9-6-7(14)4-5-8(9)15/h4-6,10H,1-3H3,(H,18,19)(H2,16,17,20). The number of carboxylic acids is 1. The number of anilines is 1. The van der Waals surface area contributed by atoms with Crippen molar-refractivity contribution in [2.24, 2.45) is 5.41 Å². The Morgan fingerprint density at radius 1 is 1.35 bits per heavy atom. The maximum Gasteiger partial charge on any atom is 0.326 e. The molecule has 20 heavy (non-hydrogen) atoms. The second-order valence-corrected chi connectivity index (χ2v) is 5.80. The lowest BCUT2D eigenvalue weighted by molar-refractivity contribution is -0.141. The van der Waals surface area contributed by atoms with Gasteiger partial charge in [0.25, 0.3) is 0 Å². The van der Waals surface area contributed by atoms with Crippen molar-refractivity contribution in [2.45, 2.75) is 26.8 Å². The summed E-state index contributed by atoms with van der Waals surface area (Å²) < 4.78 is 13.4. The molecule has 1 atom stereocenters. The van der Waals surface area contributed by atoms with Crippen molar-refractivity contribution in [1.82, 2.24) is 5.32 Å². The minimum Gasteiger partial charge on any atom is -0.480 e. The fourth-order valence-electron chi connectivity index (χ4n) is 1.53. The molecular weight excluding hydrogens is 287 g/mol. The molecular formula is C13H16ClFN2O3. The number of rotatable bonds is 3. The minimum absolute atomic E-state index is 0.118. The molecule has 0 radical (unpaired) electrons. The summed E-state index contributed by atoms with van der Waals surface area (Å²) in [6, 6.07) is 1.77. The van der Waals surface area contributed by atoms with Crippen LogP contribution in [-0.4, -0.2) is 23.1 Å². The largest absolute Gasteiger partial charge is 0.480 e. The SMILES string of the molecule is CC(C)(C)C(NC(=O)Nc1cc(Cl)ccc1F)C(=O)O. The summed E-state index contributed by atoms with van der Waals surface area (Å²) in [5.41, 5.74) is -0.802. The molecule has 0 saturated carbocycles. The van der Waals surface area contributed by atoms with Crippen LogP contribution in [0.25, 0.3) is 0 Å². The van der Waals surface area contributed by atoms with Gasteiger partial charge < -0.3 is 15.7 Å². The fraction of sp³-hybridized carbons (Fsp3) is 0.385. The van der Waals surface area contributed by atoms with E-state index in [4.69, 9.17) is 16.7 Å². The lowest BCUT2D eigenvalue weighted by atomic mass is 9.87. The van der Waals surface area contributed by atoms with Gasteiger partial charge in [-0.25, -0.2) is 14.0 Å². The molecule has 2 amide bonds. The molecule has 1 aromatic rings. The molecule has 1 rings (SSSR count). The van der Waals surface area contributed by atoms with E-state index in [-0.39, 0.29) is 10.7 Å². The Hall–Kier alpha value is -1.82. The summed E-state index contributed by atoms with van der Waals surface area (Å²) in [6.07, 6.45) is 0. The zero-order valence-corrected chi connectivity index (χ0v) is 12.1. The Balaban J connectivity index is 2.81. The second kappa shape index (κ2) is 6.09. The number of carboxylic acid groups (broad SMARTS) is 1. The van der Waals surface area contributed by atoms with E-state index in [0.717, 1.165) is 6.07 Å². The molecule has 7 heteroatoms. The summed E-state index contributed by atoms with van der Waals surface area (Å²) >= 11 is 5.70. The van der Waals surface area contributed by atoms with Crippen LogP contribution < -0.4 is 10.6 Å². The Labute approximate surface area is 121 Å². The smallest absolute Gasteiger partial charge is 0.326 e. The molecule has 0 fully saturated rings. The van der Waals surface area contributed by atoms with Crippen LogP contribution in [0.5, 0.6) is 0 Å². The molecule has 0 bridgehead atoms. The van der Waals surface area contributed by atoms with Crippen molar-refractivity contribution >= 4 is 29.3 Å². The van der Waals surface area contributed by atoms with Gasteiger partial charge in [-0.05, 0) is 23.6 Å². The van der Waals surface area contributed by atoms with Crippen LogP contribution in [0.1, 0.15) is 20.8 Å². The highest BCUT2D eigenvalue weighted by atomic mass is 35.5. The number of hydrogen-bond acceptors (Lipinski definition) is 2. The Morgan fingerprint density at radius 2 is 1.95 bits per heavy atom. The Morgan fingerprint density at radius 3 is 2.45 bits per heavy atom. The molecule has 0 aliphatic carbocycles. The van der Waals surface area contributed by atoms with Gasteiger partial charge in [0.15, 0.2) is 0 Å². The highest BCUT2D eigenvalue weighted by Gasteiger charge is 2.32. The molecule has 5 nitrogen and oxygen atoms in total. The maximum atomic E-state index is 13.4. The molecule has 0 heterocycles. The van der Waals surface area contributed by atoms with Gasteiger partial charge in [-0.1, -0.05) is 32.4 Å². The predicted molar refractivity (Wildman–Crippen MR) is 74.4 cm³/mol. The van der Waals surface area contributed by atoms with Crippen LogP contribution in [-0.2, 0) is 4.79 Å². The number of hydrogen-bond donors (Lipinski definition) is 3. The lowest BCUT2D eigenvalue weighted by Crippen LogP contribution is -2.50. The van der Waals surface area contributed by atoms with Gasteiger partial charge in [0, 0.05) is 5.02 Å². The zero-order chi connectivity index (χ0) is 15.5. The van der Waals surface area contributed by atoms with Crippen LogP contribution in [0.3, 0.4) is 0 Å². The predicted octanol–water partition coefficient (Wildman–Crippen LogP) is 3.10. The van der Waals surface area contributed by atoms with Crippen molar-refractivity contribution in [3.05, 3.63) is 29.0 Å². The number of nitrogens with one attached hydrogen (secondary N) is 2. The van der Waals surface area contributed by atoms with E-state index in [1.807, 2.05) is 0 Å². The van der Waals surface area contributed by atoms with E-state index >= 15 is 0 Å². The first-order valence-electron chi connectivity index (χ1n) is 5.86. The molecule has 1 aromatic carbocycles. The molecule has 0 saturated heterocycles. The third kappa shape index (κ3) is 4.38. The molecule has 3 N–H and O–H groups in total. The monoisotopic (exact) mass is 302 g/mol. The highest BCUT2D eigenvalue weighted by molar-refractivity contribution is 6.30. The summed E-state index contributed by atoms with van der Waals surface area (Å²) in [5, 5.41) is 13.9. The van der Waals surface area contributed by atoms with Crippen molar-refractivity contribution in [3.63, 3.8) is 0 Å². The fourth-order valence-corrected chi connectivity index (χ4v) is 1.70. The Kier molecular flexibility index (Phi) is 4.94. The second-order valence-electron chi connectivity index (χ2n) is 5.36. The normalized spacial score (nSPS) is 12.7. The van der Waals surface area contributed by atoms with E-state index in [9.17, 15) is 14.0 Å². The van der Waals surface area contributed by atoms with Crippen molar-refractivity contribution in [2.75, 3.05) is 5.32 Å². The third-order valence-electron chi connectivity index (χ3n) is 2.57. The van der Waals surface area contributed by atoms with Crippen LogP contribution in [0.4, 0.5) is 14.9 Å². The first-order chi connectivity index (χ1) is 9.11. The van der Waals surface area contributed by atoms with Gasteiger partial charge in [0.1, 0.15) is 11.9 Å². The van der Waals surface area contributed by atoms with Gasteiger partial charge in [0.2, 0.25) is 0 Å². The highest BCUT2D eigenvalue weighted by Crippen LogP contribution is 2.21. The first kappa shape index (κ1) is 16.2. The third-order valence-corrected chi connectivity index (χ3v) is 2.80. The topological polar surface area (TPSA) is 78.4 Å². The number of halogens is 2. The van der Waals surface area contributed by atoms with Gasteiger partial charge in [-0.15, -0.1) is 0 Å². The Bertz CT molecular complexity index is 529. The molecule has 0 aliphatic heterocycles. The van der Waals surface area contributed by atoms with Crippen LogP contribution in [0, 0.1) is 11.2 Å². The minimum atomic E-state index is -1.17. The quantitative estimate of drug-likeness (QED) is 0.803. The number of benzene rings is 1. The number of amides is 2. The van der Waals surface area contributed by atoms with Crippen LogP contribution in [0.2, 0.25) is 5.02 Å². The van der Waals surface area contributed by atoms with Crippen molar-refractivity contribution in [3.8, 4) is 0 Å². The van der Waals surface area contributed by atoms with Gasteiger partial charge in [-0.2, -0.15) is 0 Å². The zero-order valence-electron chi connectivity index (χ0n) is 11.3. The summed E-state index contributed by atoms with van der Waals surface area (Å²) in [7, 11) is 0. The number of urea groups is 1. The molecule has 0 spiro atoms. The molecule has 1 unspecified atom stereocenters. The van der Waals surface area contributed by atoms with Crippen molar-refractivity contribution < 1.29 is 19.1 Å². The average Bonchev–Trinajstić information content (AvgIpc) is 2.29. The summed E-state index contributed by atoms with van der Waals surface area (Å²) in [5.74, 6) is -1.83. The lowest BCUT2D eigenvalue weighted by Gasteiger charge is -2.27. The van der Waals surface area contributed by atoms with E-state index in [2.05, 4.69) is 10.6 Å². The van der Waals surface area contributed by atoms with E-state index < -0.39 is 29.3 Å². The number of carbonyl (C=O) groups excluding carboxylic acids is 1. The summed E-state index contributed by atoms with van der Waals surface area (Å²) in [4.78, 5) is 22.9. The van der Waals surface area contributed by atoms with Crippen LogP contribution >= 0.6 is 11.6 Å². The van der Waals surface area contributed by atoms with Gasteiger partial charge in [0.05, 0.1) is 5.69 Å². The molecule has 0 aromatic heterocycles. The van der Waals surface area contributed by atoms with E-state index in [1.54, 1.807) is 20.8 Å². The number of carbonyl (C=O) groups is 2. The van der Waals surface area contributed by atoms with Crippen LogP contribution in [0.15, 0.2) is 18.2 Å². The van der Waals surface area contributed by atoms with E-state index in [1.165, 1.54) is 12.1 Å².